The van der Waals surface area contributed by atoms with E-state index in [1.165, 1.54) is 25.7 Å². The van der Waals surface area contributed by atoms with Crippen LogP contribution < -0.4 is 5.32 Å². The fourth-order valence-electron chi connectivity index (χ4n) is 4.55. The Morgan fingerprint density at radius 2 is 2.14 bits per heavy atom. The second kappa shape index (κ2) is 8.29. The first-order chi connectivity index (χ1) is 13.6. The maximum absolute atomic E-state index is 12.7. The predicted octanol–water partition coefficient (Wildman–Crippen LogP) is 2.42. The summed E-state index contributed by atoms with van der Waals surface area (Å²) in [6.45, 7) is 1.71. The molecule has 1 aromatic rings. The number of oxime groups is 1. The maximum atomic E-state index is 12.7. The number of hydrogen-bond acceptors (Lipinski definition) is 5. The van der Waals surface area contributed by atoms with E-state index in [-0.39, 0.29) is 11.8 Å². The normalized spacial score (nSPS) is 24.9. The van der Waals surface area contributed by atoms with Gasteiger partial charge in [0.15, 0.2) is 5.60 Å². The molecule has 2 aliphatic heterocycles. The summed E-state index contributed by atoms with van der Waals surface area (Å²) in [5, 5.41) is 6.95. The molecule has 2 fully saturated rings. The zero-order valence-electron chi connectivity index (χ0n) is 16.2. The lowest BCUT2D eigenvalue weighted by molar-refractivity contribution is -0.141. The van der Waals surface area contributed by atoms with Gasteiger partial charge in [-0.1, -0.05) is 24.1 Å². The average Bonchev–Trinajstić information content (AvgIpc) is 3.37. The number of piperidine rings is 1. The van der Waals surface area contributed by atoms with Crippen LogP contribution in [0.15, 0.2) is 29.7 Å². The van der Waals surface area contributed by atoms with Gasteiger partial charge < -0.3 is 15.1 Å². The second-order valence-electron chi connectivity index (χ2n) is 8.31. The smallest absolute Gasteiger partial charge is 0.269 e. The van der Waals surface area contributed by atoms with Gasteiger partial charge in [-0.3, -0.25) is 14.6 Å². The summed E-state index contributed by atoms with van der Waals surface area (Å²) >= 11 is 0. The van der Waals surface area contributed by atoms with Crippen LogP contribution in [0.5, 0.6) is 0 Å². The van der Waals surface area contributed by atoms with Crippen molar-refractivity contribution in [1.82, 2.24) is 15.2 Å². The first kappa shape index (κ1) is 18.9. The van der Waals surface area contributed by atoms with E-state index in [0.29, 0.717) is 37.6 Å². The van der Waals surface area contributed by atoms with Gasteiger partial charge in [-0.15, -0.1) is 0 Å². The van der Waals surface area contributed by atoms with Gasteiger partial charge in [-0.2, -0.15) is 0 Å². The number of rotatable bonds is 5. The van der Waals surface area contributed by atoms with Crippen LogP contribution in [0.2, 0.25) is 0 Å². The Bertz CT molecular complexity index is 745. The first-order valence-electron chi connectivity index (χ1n) is 10.3. The van der Waals surface area contributed by atoms with Crippen LogP contribution in [0, 0.1) is 5.92 Å². The van der Waals surface area contributed by atoms with Crippen molar-refractivity contribution in [2.45, 2.75) is 63.5 Å². The molecule has 1 saturated heterocycles. The highest BCUT2D eigenvalue weighted by molar-refractivity contribution is 6.39. The van der Waals surface area contributed by atoms with Gasteiger partial charge in [0.2, 0.25) is 5.91 Å². The number of carbonyl (C=O) groups is 2. The van der Waals surface area contributed by atoms with Crippen molar-refractivity contribution >= 4 is 17.5 Å². The van der Waals surface area contributed by atoms with E-state index >= 15 is 0 Å². The molecule has 1 N–H and O–H groups in total. The van der Waals surface area contributed by atoms with Crippen molar-refractivity contribution in [2.24, 2.45) is 11.1 Å². The molecule has 0 radical (unpaired) electrons. The molecule has 0 bridgehead atoms. The number of hydrogen-bond donors (Lipinski definition) is 1. The molecule has 2 amide bonds. The fourth-order valence-corrected chi connectivity index (χ4v) is 4.55. The Hall–Kier alpha value is -2.44. The number of pyridine rings is 1. The lowest BCUT2D eigenvalue weighted by Gasteiger charge is -2.38. The number of nitrogens with one attached hydrogen (secondary N) is 1. The van der Waals surface area contributed by atoms with Crippen molar-refractivity contribution < 1.29 is 14.4 Å². The summed E-state index contributed by atoms with van der Waals surface area (Å²) in [4.78, 5) is 36.9. The molecular weight excluding hydrogens is 356 g/mol. The monoisotopic (exact) mass is 384 g/mol. The minimum absolute atomic E-state index is 0.213. The molecule has 1 aromatic heterocycles. The molecule has 1 atom stereocenters. The fraction of sp³-hybridized carbons (Fsp3) is 0.619. The number of aromatic nitrogens is 1. The Morgan fingerprint density at radius 1 is 1.29 bits per heavy atom. The van der Waals surface area contributed by atoms with Crippen LogP contribution in [0.4, 0.5) is 0 Å². The Morgan fingerprint density at radius 3 is 2.93 bits per heavy atom. The van der Waals surface area contributed by atoms with E-state index in [9.17, 15) is 9.59 Å². The van der Waals surface area contributed by atoms with Crippen molar-refractivity contribution in [1.29, 1.82) is 0 Å². The van der Waals surface area contributed by atoms with Crippen LogP contribution in [-0.2, 0) is 21.0 Å². The summed E-state index contributed by atoms with van der Waals surface area (Å²) in [7, 11) is 0. The van der Waals surface area contributed by atoms with Gasteiger partial charge in [-0.05, 0) is 43.2 Å². The third kappa shape index (κ3) is 4.34. The van der Waals surface area contributed by atoms with Gasteiger partial charge in [0, 0.05) is 38.3 Å². The molecule has 1 aliphatic carbocycles. The summed E-state index contributed by atoms with van der Waals surface area (Å²) < 4.78 is 0. The molecule has 150 valence electrons. The number of nitrogens with zero attached hydrogens (tertiary/aromatic N) is 3. The number of likely N-dealkylation sites (tertiary alicyclic amines) is 1. The zero-order chi connectivity index (χ0) is 19.4. The lowest BCUT2D eigenvalue weighted by atomic mass is 9.87. The number of amides is 2. The van der Waals surface area contributed by atoms with Crippen LogP contribution >= 0.6 is 0 Å². The molecule has 1 saturated carbocycles. The summed E-state index contributed by atoms with van der Waals surface area (Å²) in [6, 6.07) is 3.75. The van der Waals surface area contributed by atoms with Crippen molar-refractivity contribution in [3.63, 3.8) is 0 Å². The first-order valence-corrected chi connectivity index (χ1v) is 10.3. The molecular formula is C21H28N4O3. The van der Waals surface area contributed by atoms with Crippen LogP contribution in [0.3, 0.4) is 0 Å². The van der Waals surface area contributed by atoms with E-state index in [1.54, 1.807) is 12.4 Å². The maximum Gasteiger partial charge on any atom is 0.269 e. The highest BCUT2D eigenvalue weighted by atomic mass is 16.7. The topological polar surface area (TPSA) is 83.9 Å². The zero-order valence-corrected chi connectivity index (χ0v) is 16.2. The van der Waals surface area contributed by atoms with E-state index in [2.05, 4.69) is 15.5 Å². The standard InChI is InChI=1S/C21H28N4O3/c26-19(11-16-5-1-2-6-16)25-10-4-8-21(15-25)12-18(24-28-21)20(27)23-14-17-7-3-9-22-13-17/h3,7,9,13,16H,1-2,4-6,8,10-12,14-15H2,(H,23,27)/t21-/m0/s1. The van der Waals surface area contributed by atoms with Gasteiger partial charge >= 0.3 is 0 Å². The quantitative estimate of drug-likeness (QED) is 0.845. The van der Waals surface area contributed by atoms with E-state index in [1.807, 2.05) is 17.0 Å². The molecule has 7 heteroatoms. The largest absolute Gasteiger partial charge is 0.386 e. The highest BCUT2D eigenvalue weighted by Gasteiger charge is 2.45. The molecule has 1 spiro atoms. The molecule has 3 heterocycles. The molecule has 3 aliphatic rings. The van der Waals surface area contributed by atoms with E-state index in [4.69, 9.17) is 4.84 Å². The Balaban J connectivity index is 1.29. The summed E-state index contributed by atoms with van der Waals surface area (Å²) in [5.41, 5.74) is 0.810. The van der Waals surface area contributed by atoms with Gasteiger partial charge in [0.1, 0.15) is 5.71 Å². The molecule has 0 aromatic carbocycles. The SMILES string of the molecule is O=C(NCc1cccnc1)C1=NO[C@@]2(CCCN(C(=O)CC3CCCC3)C2)C1. The van der Waals surface area contributed by atoms with Gasteiger partial charge in [-0.25, -0.2) is 0 Å². The van der Waals surface area contributed by atoms with Crippen LogP contribution in [0.25, 0.3) is 0 Å². The Labute approximate surface area is 165 Å². The second-order valence-corrected chi connectivity index (χ2v) is 8.31. The van der Waals surface area contributed by atoms with Gasteiger partial charge in [0.05, 0.1) is 6.54 Å². The third-order valence-electron chi connectivity index (χ3n) is 6.11. The van der Waals surface area contributed by atoms with Crippen LogP contribution in [0.1, 0.15) is 56.9 Å². The van der Waals surface area contributed by atoms with Crippen LogP contribution in [-0.4, -0.2) is 46.1 Å². The highest BCUT2D eigenvalue weighted by Crippen LogP contribution is 2.35. The van der Waals surface area contributed by atoms with Crippen molar-refractivity contribution in [3.05, 3.63) is 30.1 Å². The average molecular weight is 384 g/mol. The summed E-state index contributed by atoms with van der Waals surface area (Å²) in [5.74, 6) is 0.555. The lowest BCUT2D eigenvalue weighted by Crippen LogP contribution is -2.51. The Kier molecular flexibility index (Phi) is 5.59. The molecule has 7 nitrogen and oxygen atoms in total. The minimum atomic E-state index is -0.537. The molecule has 0 unspecified atom stereocenters. The van der Waals surface area contributed by atoms with Crippen molar-refractivity contribution in [2.75, 3.05) is 13.1 Å². The van der Waals surface area contributed by atoms with Gasteiger partial charge in [0.25, 0.3) is 5.91 Å². The molecule has 28 heavy (non-hydrogen) atoms. The predicted molar refractivity (Wildman–Crippen MR) is 104 cm³/mol. The van der Waals surface area contributed by atoms with E-state index in [0.717, 1.165) is 24.9 Å². The number of carbonyl (C=O) groups excluding carboxylic acids is 2. The molecule has 4 rings (SSSR count). The van der Waals surface area contributed by atoms with E-state index < -0.39 is 5.60 Å². The minimum Gasteiger partial charge on any atom is -0.386 e. The van der Waals surface area contributed by atoms with Crippen molar-refractivity contribution in [3.8, 4) is 0 Å². The third-order valence-corrected chi connectivity index (χ3v) is 6.11. The summed E-state index contributed by atoms with van der Waals surface area (Å²) in [6.07, 6.45) is 11.1.